The molecule has 0 radical (unpaired) electrons. The van der Waals surface area contributed by atoms with E-state index in [1.807, 2.05) is 18.2 Å². The van der Waals surface area contributed by atoms with Gasteiger partial charge in [-0.2, -0.15) is 0 Å². The number of fused-ring (bicyclic) bond motifs is 1. The molecule has 1 fully saturated rings. The standard InChI is InChI=1S/C14H14ClN3O/c15-11-4-10-2-1-3-17-13(10)12(5-11)14(19)18-8-9-6-16-7-9/h1-5,9,16H,6-8H2,(H,18,19). The summed E-state index contributed by atoms with van der Waals surface area (Å²) in [5.74, 6) is 0.417. The lowest BCUT2D eigenvalue weighted by Gasteiger charge is -2.27. The Balaban J connectivity index is 1.87. The number of pyridine rings is 1. The molecule has 4 nitrogen and oxygen atoms in total. The van der Waals surface area contributed by atoms with Crippen molar-refractivity contribution in [1.82, 2.24) is 15.6 Å². The number of carbonyl (C=O) groups is 1. The molecule has 0 saturated carbocycles. The van der Waals surface area contributed by atoms with Gasteiger partial charge in [0.1, 0.15) is 0 Å². The van der Waals surface area contributed by atoms with Gasteiger partial charge >= 0.3 is 0 Å². The third kappa shape index (κ3) is 2.55. The van der Waals surface area contributed by atoms with Crippen molar-refractivity contribution in [3.05, 3.63) is 41.0 Å². The summed E-state index contributed by atoms with van der Waals surface area (Å²) >= 11 is 6.05. The minimum atomic E-state index is -0.113. The van der Waals surface area contributed by atoms with Crippen molar-refractivity contribution < 1.29 is 4.79 Å². The van der Waals surface area contributed by atoms with Gasteiger partial charge in [-0.1, -0.05) is 17.7 Å². The average Bonchev–Trinajstić information content (AvgIpc) is 2.35. The number of hydrogen-bond acceptors (Lipinski definition) is 3. The van der Waals surface area contributed by atoms with Crippen molar-refractivity contribution in [1.29, 1.82) is 0 Å². The van der Waals surface area contributed by atoms with Crippen LogP contribution in [0.5, 0.6) is 0 Å². The summed E-state index contributed by atoms with van der Waals surface area (Å²) in [7, 11) is 0. The molecule has 2 aromatic rings. The van der Waals surface area contributed by atoms with Crippen LogP contribution in [0, 0.1) is 5.92 Å². The zero-order valence-electron chi connectivity index (χ0n) is 10.3. The highest BCUT2D eigenvalue weighted by Crippen LogP contribution is 2.22. The molecular weight excluding hydrogens is 262 g/mol. The molecule has 2 N–H and O–H groups in total. The number of aromatic nitrogens is 1. The number of nitrogens with zero attached hydrogens (tertiary/aromatic N) is 1. The van der Waals surface area contributed by atoms with Crippen LogP contribution in [0.2, 0.25) is 5.02 Å². The van der Waals surface area contributed by atoms with Gasteiger partial charge in [-0.05, 0) is 18.2 Å². The number of hydrogen-bond donors (Lipinski definition) is 2. The molecule has 1 saturated heterocycles. The molecule has 0 bridgehead atoms. The third-order valence-electron chi connectivity index (χ3n) is 3.33. The quantitative estimate of drug-likeness (QED) is 0.899. The Kier molecular flexibility index (Phi) is 3.36. The SMILES string of the molecule is O=C(NCC1CNC1)c1cc(Cl)cc2cccnc12. The van der Waals surface area contributed by atoms with E-state index < -0.39 is 0 Å². The van der Waals surface area contributed by atoms with Crippen LogP contribution in [0.15, 0.2) is 30.5 Å². The smallest absolute Gasteiger partial charge is 0.253 e. The molecule has 0 atom stereocenters. The lowest BCUT2D eigenvalue weighted by molar-refractivity contribution is 0.0943. The highest BCUT2D eigenvalue weighted by Gasteiger charge is 2.19. The first-order valence-electron chi connectivity index (χ1n) is 6.27. The van der Waals surface area contributed by atoms with E-state index in [-0.39, 0.29) is 5.91 Å². The number of nitrogens with one attached hydrogen (secondary N) is 2. The molecule has 1 aliphatic rings. The van der Waals surface area contributed by atoms with Gasteiger partial charge in [-0.3, -0.25) is 9.78 Å². The summed E-state index contributed by atoms with van der Waals surface area (Å²) in [5.41, 5.74) is 1.23. The summed E-state index contributed by atoms with van der Waals surface area (Å²) in [6, 6.07) is 7.23. The summed E-state index contributed by atoms with van der Waals surface area (Å²) in [6.45, 7) is 2.62. The maximum Gasteiger partial charge on any atom is 0.253 e. The Labute approximate surface area is 116 Å². The van der Waals surface area contributed by atoms with Crippen LogP contribution in [0.3, 0.4) is 0 Å². The molecule has 1 aromatic carbocycles. The van der Waals surface area contributed by atoms with Crippen molar-refractivity contribution in [3.8, 4) is 0 Å². The summed E-state index contributed by atoms with van der Waals surface area (Å²) in [5, 5.41) is 7.55. The van der Waals surface area contributed by atoms with Gasteiger partial charge in [0.05, 0.1) is 11.1 Å². The summed E-state index contributed by atoms with van der Waals surface area (Å²) in [4.78, 5) is 16.5. The highest BCUT2D eigenvalue weighted by atomic mass is 35.5. The monoisotopic (exact) mass is 275 g/mol. The zero-order chi connectivity index (χ0) is 13.2. The van der Waals surface area contributed by atoms with E-state index in [1.54, 1.807) is 12.3 Å². The Bertz CT molecular complexity index is 625. The molecule has 2 heterocycles. The molecular formula is C14H14ClN3O. The molecule has 0 unspecified atom stereocenters. The Morgan fingerprint density at radius 1 is 1.47 bits per heavy atom. The fraction of sp³-hybridized carbons (Fsp3) is 0.286. The number of benzene rings is 1. The van der Waals surface area contributed by atoms with Gasteiger partial charge < -0.3 is 10.6 Å². The predicted octanol–water partition coefficient (Wildman–Crippen LogP) is 1.84. The van der Waals surface area contributed by atoms with Crippen molar-refractivity contribution in [3.63, 3.8) is 0 Å². The second-order valence-electron chi connectivity index (χ2n) is 4.76. The number of carbonyl (C=O) groups excluding carboxylic acids is 1. The van der Waals surface area contributed by atoms with Crippen molar-refractivity contribution in [2.24, 2.45) is 5.92 Å². The predicted molar refractivity (Wildman–Crippen MR) is 75.4 cm³/mol. The van der Waals surface area contributed by atoms with E-state index in [0.717, 1.165) is 18.5 Å². The maximum atomic E-state index is 12.2. The van der Waals surface area contributed by atoms with E-state index in [4.69, 9.17) is 11.6 Å². The summed E-state index contributed by atoms with van der Waals surface area (Å²) in [6.07, 6.45) is 1.68. The van der Waals surface area contributed by atoms with Gasteiger partial charge in [0.2, 0.25) is 0 Å². The van der Waals surface area contributed by atoms with E-state index in [9.17, 15) is 4.79 Å². The van der Waals surface area contributed by atoms with Crippen LogP contribution >= 0.6 is 11.6 Å². The number of halogens is 1. The first kappa shape index (κ1) is 12.4. The molecule has 5 heteroatoms. The van der Waals surface area contributed by atoms with Crippen LogP contribution in [-0.2, 0) is 0 Å². The molecule has 98 valence electrons. The van der Waals surface area contributed by atoms with Crippen LogP contribution in [0.4, 0.5) is 0 Å². The molecule has 1 aliphatic heterocycles. The molecule has 0 aliphatic carbocycles. The topological polar surface area (TPSA) is 54.0 Å². The van der Waals surface area contributed by atoms with E-state index in [0.29, 0.717) is 28.6 Å². The molecule has 3 rings (SSSR count). The van der Waals surface area contributed by atoms with Crippen molar-refractivity contribution in [2.45, 2.75) is 0 Å². The normalized spacial score (nSPS) is 15.2. The lowest BCUT2D eigenvalue weighted by atomic mass is 10.0. The molecule has 1 amide bonds. The summed E-state index contributed by atoms with van der Waals surface area (Å²) < 4.78 is 0. The van der Waals surface area contributed by atoms with Crippen LogP contribution in [0.25, 0.3) is 10.9 Å². The van der Waals surface area contributed by atoms with Gasteiger partial charge in [-0.15, -0.1) is 0 Å². The molecule has 0 spiro atoms. The molecule has 19 heavy (non-hydrogen) atoms. The van der Waals surface area contributed by atoms with Crippen molar-refractivity contribution in [2.75, 3.05) is 19.6 Å². The van der Waals surface area contributed by atoms with Crippen LogP contribution < -0.4 is 10.6 Å². The Morgan fingerprint density at radius 2 is 2.32 bits per heavy atom. The first-order valence-corrected chi connectivity index (χ1v) is 6.65. The van der Waals surface area contributed by atoms with E-state index >= 15 is 0 Å². The third-order valence-corrected chi connectivity index (χ3v) is 3.55. The Morgan fingerprint density at radius 3 is 3.05 bits per heavy atom. The fourth-order valence-electron chi connectivity index (χ4n) is 2.15. The second kappa shape index (κ2) is 5.15. The van der Waals surface area contributed by atoms with Crippen molar-refractivity contribution >= 4 is 28.4 Å². The largest absolute Gasteiger partial charge is 0.352 e. The maximum absolute atomic E-state index is 12.2. The highest BCUT2D eigenvalue weighted by molar-refractivity contribution is 6.32. The van der Waals surface area contributed by atoms with Gasteiger partial charge in [0.25, 0.3) is 5.91 Å². The van der Waals surface area contributed by atoms with Gasteiger partial charge in [0.15, 0.2) is 0 Å². The average molecular weight is 276 g/mol. The fourth-order valence-corrected chi connectivity index (χ4v) is 2.38. The minimum Gasteiger partial charge on any atom is -0.352 e. The molecule has 1 aromatic heterocycles. The Hall–Kier alpha value is -1.65. The zero-order valence-corrected chi connectivity index (χ0v) is 11.1. The lowest BCUT2D eigenvalue weighted by Crippen LogP contribution is -2.48. The second-order valence-corrected chi connectivity index (χ2v) is 5.20. The number of amides is 1. The first-order chi connectivity index (χ1) is 9.24. The van der Waals surface area contributed by atoms with E-state index in [2.05, 4.69) is 15.6 Å². The van der Waals surface area contributed by atoms with Gasteiger partial charge in [0, 0.05) is 42.2 Å². The van der Waals surface area contributed by atoms with Crippen LogP contribution in [-0.4, -0.2) is 30.5 Å². The van der Waals surface area contributed by atoms with Gasteiger partial charge in [-0.25, -0.2) is 0 Å². The minimum absolute atomic E-state index is 0.113. The van der Waals surface area contributed by atoms with Crippen LogP contribution in [0.1, 0.15) is 10.4 Å². The van der Waals surface area contributed by atoms with E-state index in [1.165, 1.54) is 0 Å². The number of rotatable bonds is 3.